The lowest BCUT2D eigenvalue weighted by atomic mass is 9.84. The molecule has 0 radical (unpaired) electrons. The average Bonchev–Trinajstić information content (AvgIpc) is 3.46. The lowest BCUT2D eigenvalue weighted by molar-refractivity contribution is 0.111. The van der Waals surface area contributed by atoms with Crippen molar-refractivity contribution in [3.8, 4) is 11.3 Å². The van der Waals surface area contributed by atoms with Gasteiger partial charge in [0.15, 0.2) is 11.5 Å². The van der Waals surface area contributed by atoms with Gasteiger partial charge in [-0.15, -0.1) is 0 Å². The number of aryl methyl sites for hydroxylation is 2. The zero-order chi connectivity index (χ0) is 22.3. The quantitative estimate of drug-likeness (QED) is 0.457. The average molecular weight is 451 g/mol. The van der Waals surface area contributed by atoms with Crippen LogP contribution >= 0.6 is 11.5 Å². The molecule has 0 saturated carbocycles. The number of anilines is 2. The molecule has 8 nitrogen and oxygen atoms in total. The van der Waals surface area contributed by atoms with E-state index < -0.39 is 0 Å². The summed E-state index contributed by atoms with van der Waals surface area (Å²) in [5.74, 6) is 0.744. The molecule has 5 rings (SSSR count). The highest BCUT2D eigenvalue weighted by molar-refractivity contribution is 7.10. The summed E-state index contributed by atoms with van der Waals surface area (Å²) in [5.41, 5.74) is 5.25. The SMILES string of the molecule is CCn1cc(-c2cnc3c(Nc4cc(CN5CCCC(C)(C)C5)ns4)nc(C)cn23)cn1. The molecule has 9 heteroatoms. The second kappa shape index (κ2) is 8.29. The van der Waals surface area contributed by atoms with E-state index in [4.69, 9.17) is 9.36 Å². The number of rotatable bonds is 6. The zero-order valence-electron chi connectivity index (χ0n) is 19.2. The van der Waals surface area contributed by atoms with Gasteiger partial charge in [-0.1, -0.05) is 13.8 Å². The molecule has 0 unspecified atom stereocenters. The summed E-state index contributed by atoms with van der Waals surface area (Å²) in [6, 6.07) is 2.14. The molecule has 4 aromatic heterocycles. The van der Waals surface area contributed by atoms with Crippen LogP contribution in [0.2, 0.25) is 0 Å². The van der Waals surface area contributed by atoms with Gasteiger partial charge in [-0.3, -0.25) is 14.0 Å². The number of nitrogens with one attached hydrogen (secondary N) is 1. The highest BCUT2D eigenvalue weighted by atomic mass is 32.1. The molecule has 1 fully saturated rings. The Morgan fingerprint density at radius 3 is 2.88 bits per heavy atom. The van der Waals surface area contributed by atoms with Crippen LogP contribution in [0.4, 0.5) is 10.8 Å². The second-order valence-electron chi connectivity index (χ2n) is 9.44. The fourth-order valence-electron chi connectivity index (χ4n) is 4.55. The van der Waals surface area contributed by atoms with Gasteiger partial charge in [0.05, 0.1) is 29.5 Å². The van der Waals surface area contributed by atoms with E-state index in [0.29, 0.717) is 5.41 Å². The molecular formula is C23H30N8S. The van der Waals surface area contributed by atoms with Crippen LogP contribution in [0.15, 0.2) is 30.9 Å². The van der Waals surface area contributed by atoms with Crippen molar-refractivity contribution < 1.29 is 0 Å². The Kier molecular flexibility index (Phi) is 5.46. The predicted octanol–water partition coefficient (Wildman–Crippen LogP) is 4.74. The third-order valence-corrected chi connectivity index (χ3v) is 6.77. The van der Waals surface area contributed by atoms with Crippen molar-refractivity contribution in [2.45, 2.75) is 53.6 Å². The fourth-order valence-corrected chi connectivity index (χ4v) is 5.20. The van der Waals surface area contributed by atoms with E-state index in [9.17, 15) is 0 Å². The Bertz CT molecular complexity index is 1230. The van der Waals surface area contributed by atoms with E-state index in [1.807, 2.05) is 36.4 Å². The molecule has 0 amide bonds. The molecule has 4 aromatic rings. The molecule has 0 aliphatic carbocycles. The molecule has 0 bridgehead atoms. The Labute approximate surface area is 192 Å². The summed E-state index contributed by atoms with van der Waals surface area (Å²) in [4.78, 5) is 11.9. The standard InChI is InChI=1S/C23H30N8S/c1-5-30-13-17(10-25-30)19-11-24-22-21(26-16(2)12-31(19)22)27-20-9-18(28-32-20)14-29-8-6-7-23(3,4)15-29/h9-13H,5-8,14-15H2,1-4H3,(H,26,27). The Morgan fingerprint density at radius 2 is 2.09 bits per heavy atom. The smallest absolute Gasteiger partial charge is 0.180 e. The van der Waals surface area contributed by atoms with E-state index in [2.05, 4.69) is 51.5 Å². The van der Waals surface area contributed by atoms with Gasteiger partial charge in [-0.25, -0.2) is 9.97 Å². The summed E-state index contributed by atoms with van der Waals surface area (Å²) in [7, 11) is 0. The van der Waals surface area contributed by atoms with Crippen LogP contribution in [0.3, 0.4) is 0 Å². The summed E-state index contributed by atoms with van der Waals surface area (Å²) < 4.78 is 8.70. The molecule has 0 aromatic carbocycles. The first kappa shape index (κ1) is 21.1. The van der Waals surface area contributed by atoms with Crippen molar-refractivity contribution >= 4 is 28.0 Å². The van der Waals surface area contributed by atoms with Gasteiger partial charge < -0.3 is 5.32 Å². The normalized spacial score (nSPS) is 16.6. The van der Waals surface area contributed by atoms with E-state index >= 15 is 0 Å². The minimum Gasteiger partial charge on any atom is -0.328 e. The molecule has 1 aliphatic heterocycles. The van der Waals surface area contributed by atoms with Crippen molar-refractivity contribution in [1.29, 1.82) is 0 Å². The number of fused-ring (bicyclic) bond motifs is 1. The molecular weight excluding hydrogens is 420 g/mol. The fraction of sp³-hybridized carbons (Fsp3) is 0.478. The number of nitrogens with zero attached hydrogens (tertiary/aromatic N) is 7. The first-order valence-corrected chi connectivity index (χ1v) is 12.0. The maximum atomic E-state index is 4.72. The number of aromatic nitrogens is 6. The summed E-state index contributed by atoms with van der Waals surface area (Å²) in [6.07, 6.45) is 10.4. The van der Waals surface area contributed by atoms with E-state index in [1.165, 1.54) is 24.4 Å². The van der Waals surface area contributed by atoms with Gasteiger partial charge in [0.25, 0.3) is 0 Å². The molecule has 1 saturated heterocycles. The van der Waals surface area contributed by atoms with Crippen molar-refractivity contribution in [3.63, 3.8) is 0 Å². The van der Waals surface area contributed by atoms with Crippen LogP contribution in [0.5, 0.6) is 0 Å². The van der Waals surface area contributed by atoms with Gasteiger partial charge in [-0.2, -0.15) is 9.47 Å². The monoisotopic (exact) mass is 450 g/mol. The second-order valence-corrected chi connectivity index (χ2v) is 10.2. The van der Waals surface area contributed by atoms with Crippen molar-refractivity contribution in [2.75, 3.05) is 18.4 Å². The number of piperidine rings is 1. The third-order valence-electron chi connectivity index (χ3n) is 6.03. The largest absolute Gasteiger partial charge is 0.328 e. The molecule has 0 spiro atoms. The van der Waals surface area contributed by atoms with E-state index in [1.54, 1.807) is 0 Å². The Balaban J connectivity index is 1.38. The van der Waals surface area contributed by atoms with Crippen LogP contribution in [0.25, 0.3) is 16.9 Å². The maximum Gasteiger partial charge on any atom is 0.180 e. The van der Waals surface area contributed by atoms with Crippen LogP contribution in [0, 0.1) is 12.3 Å². The minimum absolute atomic E-state index is 0.387. The first-order chi connectivity index (χ1) is 15.4. The van der Waals surface area contributed by atoms with Crippen LogP contribution in [-0.2, 0) is 13.1 Å². The minimum atomic E-state index is 0.387. The van der Waals surface area contributed by atoms with Crippen molar-refractivity contribution in [2.24, 2.45) is 5.41 Å². The zero-order valence-corrected chi connectivity index (χ0v) is 20.0. The molecule has 1 N–H and O–H groups in total. The molecule has 32 heavy (non-hydrogen) atoms. The predicted molar refractivity (Wildman–Crippen MR) is 128 cm³/mol. The Hall–Kier alpha value is -2.78. The van der Waals surface area contributed by atoms with Crippen molar-refractivity contribution in [1.82, 2.24) is 33.4 Å². The highest BCUT2D eigenvalue weighted by Gasteiger charge is 2.26. The van der Waals surface area contributed by atoms with Gasteiger partial charge >= 0.3 is 0 Å². The number of hydrogen-bond acceptors (Lipinski definition) is 7. The molecule has 1 aliphatic rings. The molecule has 5 heterocycles. The van der Waals surface area contributed by atoms with Crippen LogP contribution in [0.1, 0.15) is 45.0 Å². The summed E-state index contributed by atoms with van der Waals surface area (Å²) in [5, 5.41) is 8.85. The first-order valence-electron chi connectivity index (χ1n) is 11.2. The summed E-state index contributed by atoms with van der Waals surface area (Å²) >= 11 is 1.48. The van der Waals surface area contributed by atoms with E-state index in [0.717, 1.165) is 65.3 Å². The van der Waals surface area contributed by atoms with Gasteiger partial charge in [0.2, 0.25) is 0 Å². The third kappa shape index (κ3) is 4.27. The van der Waals surface area contributed by atoms with Crippen molar-refractivity contribution in [3.05, 3.63) is 42.2 Å². The van der Waals surface area contributed by atoms with Crippen LogP contribution in [-0.4, -0.2) is 46.5 Å². The summed E-state index contributed by atoms with van der Waals surface area (Å²) in [6.45, 7) is 12.8. The van der Waals surface area contributed by atoms with Crippen LogP contribution < -0.4 is 5.32 Å². The molecule has 0 atom stereocenters. The Morgan fingerprint density at radius 1 is 1.22 bits per heavy atom. The van der Waals surface area contributed by atoms with E-state index in [-0.39, 0.29) is 0 Å². The number of hydrogen-bond donors (Lipinski definition) is 1. The van der Waals surface area contributed by atoms with Gasteiger partial charge in [0, 0.05) is 37.6 Å². The van der Waals surface area contributed by atoms with Gasteiger partial charge in [0.1, 0.15) is 5.00 Å². The molecule has 168 valence electrons. The topological polar surface area (TPSA) is 76.2 Å². The lowest BCUT2D eigenvalue weighted by Gasteiger charge is -2.37. The maximum absolute atomic E-state index is 4.72. The highest BCUT2D eigenvalue weighted by Crippen LogP contribution is 2.31. The lowest BCUT2D eigenvalue weighted by Crippen LogP contribution is -2.39. The van der Waals surface area contributed by atoms with Gasteiger partial charge in [-0.05, 0) is 56.2 Å². The number of likely N-dealkylation sites (tertiary alicyclic amines) is 1. The number of imidazole rings is 1.